The molecule has 0 radical (unpaired) electrons. The monoisotopic (exact) mass is 646 g/mol. The predicted octanol–water partition coefficient (Wildman–Crippen LogP) is 4.89. The minimum atomic E-state index is -5.37. The summed E-state index contributed by atoms with van der Waals surface area (Å²) in [4.78, 5) is 38.3. The Morgan fingerprint density at radius 3 is 2.45 bits per heavy atom. The van der Waals surface area contributed by atoms with Crippen molar-refractivity contribution in [2.24, 2.45) is 5.73 Å². The molecule has 5 N–H and O–H groups in total. The van der Waals surface area contributed by atoms with Crippen LogP contribution in [0.3, 0.4) is 0 Å². The van der Waals surface area contributed by atoms with Gasteiger partial charge in [0.05, 0.1) is 23.4 Å². The summed E-state index contributed by atoms with van der Waals surface area (Å²) in [6.07, 6.45) is -0.703. The zero-order chi connectivity index (χ0) is 33.6. The number of benzene rings is 2. The van der Waals surface area contributed by atoms with Gasteiger partial charge in [-0.05, 0) is 67.6 Å². The fourth-order valence-corrected chi connectivity index (χ4v) is 5.26. The van der Waals surface area contributed by atoms with Gasteiger partial charge in [0.15, 0.2) is 0 Å². The first-order chi connectivity index (χ1) is 22.3. The summed E-state index contributed by atoms with van der Waals surface area (Å²) in [5.74, 6) is -2.46. The fourth-order valence-electron chi connectivity index (χ4n) is 5.26. The van der Waals surface area contributed by atoms with Crippen LogP contribution >= 0.6 is 0 Å². The van der Waals surface area contributed by atoms with Crippen LogP contribution in [0.5, 0.6) is 5.75 Å². The van der Waals surface area contributed by atoms with E-state index in [-0.39, 0.29) is 34.7 Å². The van der Waals surface area contributed by atoms with Crippen molar-refractivity contribution in [3.05, 3.63) is 108 Å². The number of aliphatic hydroxyl groups is 1. The second-order valence-corrected chi connectivity index (χ2v) is 11.2. The Bertz CT molecular complexity index is 2010. The molecule has 10 nitrogen and oxygen atoms in total. The van der Waals surface area contributed by atoms with E-state index in [9.17, 15) is 32.3 Å². The lowest BCUT2D eigenvalue weighted by molar-refractivity contribution is -0.265. The molecule has 14 heteroatoms. The lowest BCUT2D eigenvalue weighted by Crippen LogP contribution is -2.51. The van der Waals surface area contributed by atoms with Crippen LogP contribution in [0.2, 0.25) is 0 Å². The minimum absolute atomic E-state index is 0.0183. The highest BCUT2D eigenvalue weighted by Crippen LogP contribution is 2.47. The van der Waals surface area contributed by atoms with Crippen LogP contribution in [0.25, 0.3) is 22.2 Å². The largest absolute Gasteiger partial charge is 0.489 e. The van der Waals surface area contributed by atoms with Gasteiger partial charge in [0.1, 0.15) is 29.3 Å². The van der Waals surface area contributed by atoms with Crippen LogP contribution < -0.4 is 21.1 Å². The highest BCUT2D eigenvalue weighted by atomic mass is 19.4. The molecule has 0 aliphatic carbocycles. The molecule has 240 valence electrons. The third kappa shape index (κ3) is 5.67. The van der Waals surface area contributed by atoms with E-state index in [2.05, 4.69) is 25.6 Å². The molecule has 47 heavy (non-hydrogen) atoms. The van der Waals surface area contributed by atoms with E-state index in [4.69, 9.17) is 10.5 Å². The normalized spacial score (nSPS) is 17.0. The minimum Gasteiger partial charge on any atom is -0.489 e. The first-order valence-corrected chi connectivity index (χ1v) is 14.2. The first kappa shape index (κ1) is 31.4. The van der Waals surface area contributed by atoms with Gasteiger partial charge in [0.25, 0.3) is 5.91 Å². The maximum Gasteiger partial charge on any atom is 0.424 e. The Morgan fingerprint density at radius 2 is 1.77 bits per heavy atom. The summed E-state index contributed by atoms with van der Waals surface area (Å²) >= 11 is 0. The van der Waals surface area contributed by atoms with Crippen molar-refractivity contribution in [2.75, 3.05) is 18.5 Å². The number of primary amides is 1. The molecule has 1 unspecified atom stereocenters. The van der Waals surface area contributed by atoms with Gasteiger partial charge < -0.3 is 26.2 Å². The number of amides is 2. The zero-order valence-corrected chi connectivity index (χ0v) is 24.6. The number of carbonyl (C=O) groups is 2. The number of aromatic nitrogens is 3. The predicted molar refractivity (Wildman–Crippen MR) is 163 cm³/mol. The number of anilines is 2. The van der Waals surface area contributed by atoms with Crippen LogP contribution in [0.1, 0.15) is 28.5 Å². The van der Waals surface area contributed by atoms with E-state index >= 15 is 0 Å². The molecule has 6 rings (SSSR count). The van der Waals surface area contributed by atoms with E-state index in [1.54, 1.807) is 42.9 Å². The molecular formula is C33H26F4N6O4. The van der Waals surface area contributed by atoms with Crippen molar-refractivity contribution in [1.29, 1.82) is 0 Å². The summed E-state index contributed by atoms with van der Waals surface area (Å²) in [6, 6.07) is 15.2. The van der Waals surface area contributed by atoms with Gasteiger partial charge in [-0.25, -0.2) is 9.37 Å². The van der Waals surface area contributed by atoms with E-state index in [0.717, 1.165) is 18.2 Å². The average molecular weight is 647 g/mol. The summed E-state index contributed by atoms with van der Waals surface area (Å²) in [6.45, 7) is -0.263. The Kier molecular flexibility index (Phi) is 7.76. The highest BCUT2D eigenvalue weighted by molar-refractivity contribution is 6.02. The lowest BCUT2D eigenvalue weighted by Gasteiger charge is -2.31. The molecule has 0 saturated carbocycles. The third-order valence-electron chi connectivity index (χ3n) is 8.06. The van der Waals surface area contributed by atoms with Crippen LogP contribution in [0, 0.1) is 5.82 Å². The summed E-state index contributed by atoms with van der Waals surface area (Å²) < 4.78 is 63.8. The Hall–Kier alpha value is -5.63. The van der Waals surface area contributed by atoms with Crippen LogP contribution in [0.15, 0.2) is 85.3 Å². The number of nitrogens with zero attached hydrogens (tertiary/aromatic N) is 3. The quantitative estimate of drug-likeness (QED) is 0.174. The molecule has 1 aliphatic rings. The highest BCUT2D eigenvalue weighted by Gasteiger charge is 2.57. The van der Waals surface area contributed by atoms with Crippen LogP contribution in [-0.2, 0) is 15.8 Å². The van der Waals surface area contributed by atoms with Gasteiger partial charge in [-0.3, -0.25) is 19.6 Å². The molecule has 0 fully saturated rings. The van der Waals surface area contributed by atoms with E-state index in [0.29, 0.717) is 22.3 Å². The smallest absolute Gasteiger partial charge is 0.424 e. The molecular weight excluding hydrogens is 620 g/mol. The number of hydrogen-bond donors (Lipinski definition) is 4. The number of nitrogens with two attached hydrogens (primary N) is 1. The summed E-state index contributed by atoms with van der Waals surface area (Å²) in [5, 5.41) is 17.2. The molecule has 4 heterocycles. The Balaban J connectivity index is 1.40. The van der Waals surface area contributed by atoms with Crippen molar-refractivity contribution in [2.45, 2.75) is 24.1 Å². The average Bonchev–Trinajstić information content (AvgIpc) is 3.41. The topological polar surface area (TPSA) is 152 Å². The Morgan fingerprint density at radius 1 is 1.04 bits per heavy atom. The maximum absolute atomic E-state index is 14.8. The van der Waals surface area contributed by atoms with Gasteiger partial charge in [0, 0.05) is 46.4 Å². The number of rotatable bonds is 8. The zero-order valence-electron chi connectivity index (χ0n) is 24.6. The molecule has 2 aromatic carbocycles. The van der Waals surface area contributed by atoms with Gasteiger partial charge in [-0.1, -0.05) is 6.07 Å². The number of pyridine rings is 3. The SMILES string of the molecule is C[C@]1(C(N)=O)COc2c1cc(C(O)(CNC(=O)c1cc(Nc3ccncc3)c3ncccc3c1)C(F)(F)F)nc2-c1ccc(F)cc1. The number of carbonyl (C=O) groups excluding carboxylic acids is 2. The first-order valence-electron chi connectivity index (χ1n) is 14.2. The number of fused-ring (bicyclic) bond motifs is 2. The molecule has 5 aromatic rings. The Labute approximate surface area is 264 Å². The standard InChI is InChI=1S/C33H26F4N6O4/c1-31(30(38)45)17-47-28-23(31)15-25(43-27(28)18-4-6-21(34)7-5-18)32(46,33(35,36)37)16-41-29(44)20-13-19-3-2-10-40-26(19)24(14-20)42-22-8-11-39-12-9-22/h2-15,46H,16-17H2,1H3,(H2,38,45)(H,39,42)(H,41,44)/t31-,32?/m0/s1. The molecule has 1 aliphatic heterocycles. The van der Waals surface area contributed by atoms with E-state index < -0.39 is 47.1 Å². The molecule has 2 atom stereocenters. The van der Waals surface area contributed by atoms with Crippen molar-refractivity contribution in [3.63, 3.8) is 0 Å². The third-order valence-corrected chi connectivity index (χ3v) is 8.06. The van der Waals surface area contributed by atoms with Crippen molar-refractivity contribution >= 4 is 34.1 Å². The van der Waals surface area contributed by atoms with Gasteiger partial charge in [0.2, 0.25) is 11.5 Å². The van der Waals surface area contributed by atoms with E-state index in [1.807, 2.05) is 0 Å². The summed E-state index contributed by atoms with van der Waals surface area (Å²) in [5.41, 5.74) is 0.826. The van der Waals surface area contributed by atoms with Crippen molar-refractivity contribution in [3.8, 4) is 17.0 Å². The molecule has 0 saturated heterocycles. The number of alkyl halides is 3. The molecule has 0 bridgehead atoms. The number of nitrogens with one attached hydrogen (secondary N) is 2. The van der Waals surface area contributed by atoms with Gasteiger partial charge in [-0.15, -0.1) is 0 Å². The van der Waals surface area contributed by atoms with Gasteiger partial charge in [-0.2, -0.15) is 13.2 Å². The number of halogens is 4. The van der Waals surface area contributed by atoms with Crippen molar-refractivity contribution < 1.29 is 37.0 Å². The summed E-state index contributed by atoms with van der Waals surface area (Å²) in [7, 11) is 0. The van der Waals surface area contributed by atoms with E-state index in [1.165, 1.54) is 31.2 Å². The van der Waals surface area contributed by atoms with Crippen molar-refractivity contribution in [1.82, 2.24) is 20.3 Å². The number of ether oxygens (including phenoxy) is 1. The number of hydrogen-bond acceptors (Lipinski definition) is 8. The fraction of sp³-hybridized carbons (Fsp3) is 0.182. The van der Waals surface area contributed by atoms with Gasteiger partial charge >= 0.3 is 6.18 Å². The maximum atomic E-state index is 14.8. The molecule has 2 amide bonds. The molecule has 0 spiro atoms. The second-order valence-electron chi connectivity index (χ2n) is 11.2. The molecule has 3 aromatic heterocycles. The lowest BCUT2D eigenvalue weighted by atomic mass is 9.81. The second kappa shape index (κ2) is 11.6. The van der Waals surface area contributed by atoms with Crippen LogP contribution in [-0.4, -0.2) is 51.2 Å². The van der Waals surface area contributed by atoms with Crippen LogP contribution in [0.4, 0.5) is 28.9 Å².